The number of rotatable bonds is 2. The normalized spacial score (nSPS) is 13.4. The fourth-order valence-corrected chi connectivity index (χ4v) is 1.93. The molecule has 0 aliphatic heterocycles. The zero-order valence-electron chi connectivity index (χ0n) is 7.71. The highest BCUT2D eigenvalue weighted by atomic mass is 127. The quantitative estimate of drug-likeness (QED) is 0.750. The van der Waals surface area contributed by atoms with E-state index >= 15 is 0 Å². The van der Waals surface area contributed by atoms with Crippen LogP contribution in [-0.4, -0.2) is 19.0 Å². The van der Waals surface area contributed by atoms with Crippen molar-refractivity contribution in [2.75, 3.05) is 14.1 Å². The van der Waals surface area contributed by atoms with E-state index in [0.717, 1.165) is 0 Å². The summed E-state index contributed by atoms with van der Waals surface area (Å²) in [5.74, 6) is 0. The van der Waals surface area contributed by atoms with Crippen LogP contribution in [0.2, 0.25) is 0 Å². The molecule has 0 saturated heterocycles. The Hall–Kier alpha value is -0.0900. The first-order chi connectivity index (χ1) is 5.63. The third kappa shape index (κ3) is 2.20. The molecule has 1 atom stereocenters. The molecule has 12 heavy (non-hydrogen) atoms. The molecule has 1 aromatic rings. The molecule has 0 fully saturated rings. The van der Waals surface area contributed by atoms with Crippen LogP contribution in [0.25, 0.3) is 0 Å². The minimum absolute atomic E-state index is 0.498. The molecule has 0 aliphatic rings. The molecule has 0 heterocycles. The van der Waals surface area contributed by atoms with Gasteiger partial charge in [-0.05, 0) is 55.2 Å². The van der Waals surface area contributed by atoms with E-state index in [4.69, 9.17) is 0 Å². The summed E-state index contributed by atoms with van der Waals surface area (Å²) in [6.07, 6.45) is 0. The van der Waals surface area contributed by atoms with Gasteiger partial charge in [0.25, 0.3) is 0 Å². The molecule has 66 valence electrons. The van der Waals surface area contributed by atoms with Gasteiger partial charge in [0.2, 0.25) is 0 Å². The van der Waals surface area contributed by atoms with Gasteiger partial charge >= 0.3 is 0 Å². The molecule has 0 aliphatic carbocycles. The van der Waals surface area contributed by atoms with Crippen LogP contribution in [0.15, 0.2) is 24.3 Å². The maximum absolute atomic E-state index is 2.38. The van der Waals surface area contributed by atoms with Gasteiger partial charge in [0, 0.05) is 9.61 Å². The average Bonchev–Trinajstić information content (AvgIpc) is 2.04. The lowest BCUT2D eigenvalue weighted by Gasteiger charge is -2.21. The van der Waals surface area contributed by atoms with Gasteiger partial charge in [-0.25, -0.2) is 0 Å². The highest BCUT2D eigenvalue weighted by Crippen LogP contribution is 2.22. The van der Waals surface area contributed by atoms with E-state index in [2.05, 4.69) is 72.8 Å². The van der Waals surface area contributed by atoms with Gasteiger partial charge in [0.15, 0.2) is 0 Å². The molecule has 1 aromatic carbocycles. The number of hydrogen-bond acceptors (Lipinski definition) is 1. The van der Waals surface area contributed by atoms with E-state index in [-0.39, 0.29) is 0 Å². The van der Waals surface area contributed by atoms with Crippen LogP contribution in [0, 0.1) is 3.57 Å². The van der Waals surface area contributed by atoms with Gasteiger partial charge in [0.05, 0.1) is 0 Å². The van der Waals surface area contributed by atoms with Crippen molar-refractivity contribution in [3.8, 4) is 0 Å². The summed E-state index contributed by atoms with van der Waals surface area (Å²) in [4.78, 5) is 2.22. The Morgan fingerprint density at radius 3 is 2.33 bits per heavy atom. The molecule has 0 unspecified atom stereocenters. The lowest BCUT2D eigenvalue weighted by Crippen LogP contribution is -2.17. The van der Waals surface area contributed by atoms with Crippen LogP contribution < -0.4 is 0 Å². The van der Waals surface area contributed by atoms with E-state index < -0.39 is 0 Å². The standard InChI is InChI=1S/C10H14IN/c1-8(12(2)3)9-6-4-5-7-10(9)11/h4-8H,1-3H3/t8-/m0/s1. The van der Waals surface area contributed by atoms with Crippen molar-refractivity contribution in [3.05, 3.63) is 33.4 Å². The average molecular weight is 275 g/mol. The van der Waals surface area contributed by atoms with E-state index in [1.807, 2.05) is 0 Å². The number of halogens is 1. The monoisotopic (exact) mass is 275 g/mol. The SMILES string of the molecule is C[C@@H](c1ccccc1I)N(C)C. The molecule has 0 radical (unpaired) electrons. The van der Waals surface area contributed by atoms with E-state index in [1.165, 1.54) is 9.13 Å². The second-order valence-electron chi connectivity index (χ2n) is 3.16. The molecular weight excluding hydrogens is 261 g/mol. The van der Waals surface area contributed by atoms with E-state index in [1.54, 1.807) is 0 Å². The van der Waals surface area contributed by atoms with Gasteiger partial charge in [-0.1, -0.05) is 18.2 Å². The van der Waals surface area contributed by atoms with Gasteiger partial charge < -0.3 is 4.90 Å². The minimum atomic E-state index is 0.498. The van der Waals surface area contributed by atoms with Crippen molar-refractivity contribution in [3.63, 3.8) is 0 Å². The van der Waals surface area contributed by atoms with Gasteiger partial charge in [-0.2, -0.15) is 0 Å². The molecule has 0 amide bonds. The lowest BCUT2D eigenvalue weighted by atomic mass is 10.1. The summed E-state index contributed by atoms with van der Waals surface area (Å²) in [5.41, 5.74) is 1.41. The molecule has 2 heteroatoms. The van der Waals surface area contributed by atoms with Crippen molar-refractivity contribution in [1.29, 1.82) is 0 Å². The summed E-state index contributed by atoms with van der Waals surface area (Å²) in [7, 11) is 4.21. The molecule has 0 saturated carbocycles. The maximum atomic E-state index is 2.38. The van der Waals surface area contributed by atoms with Crippen LogP contribution in [-0.2, 0) is 0 Å². The van der Waals surface area contributed by atoms with Gasteiger partial charge in [-0.15, -0.1) is 0 Å². The predicted molar refractivity (Wildman–Crippen MR) is 61.3 cm³/mol. The van der Waals surface area contributed by atoms with Crippen molar-refractivity contribution in [2.45, 2.75) is 13.0 Å². The Morgan fingerprint density at radius 2 is 1.83 bits per heavy atom. The molecule has 1 rings (SSSR count). The molecule has 0 N–H and O–H groups in total. The van der Waals surface area contributed by atoms with Gasteiger partial charge in [0.1, 0.15) is 0 Å². The molecular formula is C10H14IN. The van der Waals surface area contributed by atoms with Crippen LogP contribution in [0.5, 0.6) is 0 Å². The minimum Gasteiger partial charge on any atom is -0.303 e. The molecule has 0 spiro atoms. The van der Waals surface area contributed by atoms with Crippen LogP contribution in [0.3, 0.4) is 0 Å². The van der Waals surface area contributed by atoms with E-state index in [0.29, 0.717) is 6.04 Å². The first-order valence-electron chi connectivity index (χ1n) is 4.03. The number of nitrogens with zero attached hydrogens (tertiary/aromatic N) is 1. The molecule has 0 bridgehead atoms. The lowest BCUT2D eigenvalue weighted by molar-refractivity contribution is 0.320. The smallest absolute Gasteiger partial charge is 0.0324 e. The zero-order chi connectivity index (χ0) is 9.14. The topological polar surface area (TPSA) is 3.24 Å². The first-order valence-corrected chi connectivity index (χ1v) is 5.11. The van der Waals surface area contributed by atoms with Crippen molar-refractivity contribution in [1.82, 2.24) is 4.90 Å². The Bertz CT molecular complexity index is 258. The van der Waals surface area contributed by atoms with Crippen molar-refractivity contribution >= 4 is 22.6 Å². The van der Waals surface area contributed by atoms with Gasteiger partial charge in [-0.3, -0.25) is 0 Å². The van der Waals surface area contributed by atoms with Crippen LogP contribution >= 0.6 is 22.6 Å². The molecule has 1 nitrogen and oxygen atoms in total. The van der Waals surface area contributed by atoms with Crippen LogP contribution in [0.4, 0.5) is 0 Å². The first kappa shape index (κ1) is 9.99. The summed E-state index contributed by atoms with van der Waals surface area (Å²) >= 11 is 2.38. The largest absolute Gasteiger partial charge is 0.303 e. The fraction of sp³-hybridized carbons (Fsp3) is 0.400. The number of hydrogen-bond donors (Lipinski definition) is 0. The Labute approximate surface area is 87.9 Å². The Kier molecular flexibility index (Phi) is 3.53. The Balaban J connectivity index is 2.94. The highest BCUT2D eigenvalue weighted by molar-refractivity contribution is 14.1. The second-order valence-corrected chi connectivity index (χ2v) is 4.32. The second kappa shape index (κ2) is 4.23. The summed E-state index contributed by atoms with van der Waals surface area (Å²) in [6, 6.07) is 9.01. The third-order valence-corrected chi connectivity index (χ3v) is 3.11. The summed E-state index contributed by atoms with van der Waals surface area (Å²) in [5, 5.41) is 0. The maximum Gasteiger partial charge on any atom is 0.0324 e. The summed E-state index contributed by atoms with van der Waals surface area (Å²) < 4.78 is 1.34. The highest BCUT2D eigenvalue weighted by Gasteiger charge is 2.09. The third-order valence-electron chi connectivity index (χ3n) is 2.13. The van der Waals surface area contributed by atoms with Crippen LogP contribution in [0.1, 0.15) is 18.5 Å². The van der Waals surface area contributed by atoms with Crippen molar-refractivity contribution in [2.24, 2.45) is 0 Å². The summed E-state index contributed by atoms with van der Waals surface area (Å²) in [6.45, 7) is 2.22. The Morgan fingerprint density at radius 1 is 1.25 bits per heavy atom. The molecule has 0 aromatic heterocycles. The fourth-order valence-electron chi connectivity index (χ4n) is 1.09. The predicted octanol–water partition coefficient (Wildman–Crippen LogP) is 2.91. The number of benzene rings is 1. The van der Waals surface area contributed by atoms with E-state index in [9.17, 15) is 0 Å². The zero-order valence-corrected chi connectivity index (χ0v) is 9.87. The van der Waals surface area contributed by atoms with Crippen molar-refractivity contribution < 1.29 is 0 Å².